The second kappa shape index (κ2) is 30.1. The molecule has 0 saturated carbocycles. The van der Waals surface area contributed by atoms with Crippen molar-refractivity contribution in [1.29, 1.82) is 0 Å². The third-order valence-electron chi connectivity index (χ3n) is 7.22. The number of esters is 3. The number of carbonyl (C=O) groups is 3. The van der Waals surface area contributed by atoms with Gasteiger partial charge in [-0.1, -0.05) is 129 Å². The Kier molecular flexibility index (Phi) is 28.7. The molecule has 234 valence electrons. The zero-order chi connectivity index (χ0) is 29.5. The summed E-state index contributed by atoms with van der Waals surface area (Å²) in [5.41, 5.74) is 0. The highest BCUT2D eigenvalue weighted by Gasteiger charge is 2.19. The monoisotopic (exact) mass is 566 g/mol. The maximum absolute atomic E-state index is 12.4. The van der Waals surface area contributed by atoms with Gasteiger partial charge in [-0.05, 0) is 25.7 Å². The molecule has 0 heterocycles. The molecular weight excluding hydrogens is 504 g/mol. The highest BCUT2D eigenvalue weighted by molar-refractivity contribution is 5.71. The van der Waals surface area contributed by atoms with E-state index in [2.05, 4.69) is 13.5 Å². The van der Waals surface area contributed by atoms with Crippen molar-refractivity contribution in [2.75, 3.05) is 13.2 Å². The summed E-state index contributed by atoms with van der Waals surface area (Å²) in [6.07, 6.45) is 27.3. The standard InChI is InChI=1S/C34H62O6/c1-4-7-9-11-13-14-15-16-17-18-19-20-22-24-26-28-34(37)40-31(29-38-32(35)6-3)30-39-33(36)27-25-23-21-12-10-8-5-2/h5,31H,2,4,6-30H2,1,3H3. The lowest BCUT2D eigenvalue weighted by atomic mass is 10.0. The van der Waals surface area contributed by atoms with E-state index in [1.807, 2.05) is 6.08 Å². The van der Waals surface area contributed by atoms with Gasteiger partial charge in [-0.25, -0.2) is 0 Å². The summed E-state index contributed by atoms with van der Waals surface area (Å²) in [4.78, 5) is 36.0. The maximum atomic E-state index is 12.4. The van der Waals surface area contributed by atoms with E-state index in [1.54, 1.807) is 6.92 Å². The largest absolute Gasteiger partial charge is 0.462 e. The van der Waals surface area contributed by atoms with Gasteiger partial charge in [-0.2, -0.15) is 0 Å². The molecule has 1 unspecified atom stereocenters. The normalized spacial score (nSPS) is 11.7. The minimum atomic E-state index is -0.762. The third kappa shape index (κ3) is 27.7. The lowest BCUT2D eigenvalue weighted by Gasteiger charge is -2.18. The molecule has 0 aromatic heterocycles. The summed E-state index contributed by atoms with van der Waals surface area (Å²) in [5.74, 6) is -1.01. The van der Waals surface area contributed by atoms with Crippen LogP contribution in [0.25, 0.3) is 0 Å². The predicted octanol–water partition coefficient (Wildman–Crippen LogP) is 9.57. The van der Waals surface area contributed by atoms with Crippen molar-refractivity contribution in [2.45, 2.75) is 174 Å². The van der Waals surface area contributed by atoms with E-state index in [0.717, 1.165) is 57.8 Å². The molecule has 0 radical (unpaired) electrons. The molecule has 1 atom stereocenters. The van der Waals surface area contributed by atoms with Crippen LogP contribution in [0.2, 0.25) is 0 Å². The zero-order valence-corrected chi connectivity index (χ0v) is 26.2. The van der Waals surface area contributed by atoms with Gasteiger partial charge in [0.15, 0.2) is 6.10 Å². The average molecular weight is 567 g/mol. The molecule has 0 N–H and O–H groups in total. The Morgan fingerprint density at radius 1 is 0.550 bits per heavy atom. The first-order chi connectivity index (χ1) is 19.5. The predicted molar refractivity (Wildman–Crippen MR) is 164 cm³/mol. The lowest BCUT2D eigenvalue weighted by molar-refractivity contribution is -0.166. The fourth-order valence-electron chi connectivity index (χ4n) is 4.64. The molecule has 0 fully saturated rings. The summed E-state index contributed by atoms with van der Waals surface area (Å²) in [6.45, 7) is 7.52. The maximum Gasteiger partial charge on any atom is 0.306 e. The minimum Gasteiger partial charge on any atom is -0.462 e. The first-order valence-electron chi connectivity index (χ1n) is 16.6. The molecule has 6 nitrogen and oxygen atoms in total. The molecule has 0 amide bonds. The summed E-state index contributed by atoms with van der Waals surface area (Å²) in [5, 5.41) is 0. The van der Waals surface area contributed by atoms with Gasteiger partial charge in [-0.15, -0.1) is 6.58 Å². The van der Waals surface area contributed by atoms with Gasteiger partial charge in [-0.3, -0.25) is 14.4 Å². The highest BCUT2D eigenvalue weighted by Crippen LogP contribution is 2.14. The first-order valence-corrected chi connectivity index (χ1v) is 16.6. The van der Waals surface area contributed by atoms with Crippen LogP contribution in [0.4, 0.5) is 0 Å². The van der Waals surface area contributed by atoms with Crippen molar-refractivity contribution < 1.29 is 28.6 Å². The molecule has 0 saturated heterocycles. The van der Waals surface area contributed by atoms with Crippen LogP contribution in [0.15, 0.2) is 12.7 Å². The van der Waals surface area contributed by atoms with Crippen molar-refractivity contribution in [1.82, 2.24) is 0 Å². The summed E-state index contributed by atoms with van der Waals surface area (Å²) >= 11 is 0. The van der Waals surface area contributed by atoms with Gasteiger partial charge in [0.2, 0.25) is 0 Å². The number of rotatable bonds is 30. The fraction of sp³-hybridized carbons (Fsp3) is 0.853. The van der Waals surface area contributed by atoms with E-state index < -0.39 is 6.10 Å². The van der Waals surface area contributed by atoms with E-state index in [4.69, 9.17) is 14.2 Å². The van der Waals surface area contributed by atoms with Gasteiger partial charge in [0.25, 0.3) is 0 Å². The fourth-order valence-corrected chi connectivity index (χ4v) is 4.64. The second-order valence-corrected chi connectivity index (χ2v) is 11.1. The van der Waals surface area contributed by atoms with Gasteiger partial charge < -0.3 is 14.2 Å². The van der Waals surface area contributed by atoms with Crippen molar-refractivity contribution in [3.63, 3.8) is 0 Å². The Hall–Kier alpha value is -1.85. The molecule has 0 rings (SSSR count). The van der Waals surface area contributed by atoms with E-state index in [1.165, 1.54) is 77.0 Å². The van der Waals surface area contributed by atoms with Crippen LogP contribution in [-0.2, 0) is 28.6 Å². The smallest absolute Gasteiger partial charge is 0.306 e. The molecule has 0 aromatic carbocycles. The van der Waals surface area contributed by atoms with E-state index in [-0.39, 0.29) is 37.5 Å². The number of allylic oxidation sites excluding steroid dienone is 1. The average Bonchev–Trinajstić information content (AvgIpc) is 2.95. The van der Waals surface area contributed by atoms with E-state index in [9.17, 15) is 14.4 Å². The first kappa shape index (κ1) is 38.1. The molecule has 0 bridgehead atoms. The Balaban J connectivity index is 3.93. The van der Waals surface area contributed by atoms with E-state index in [0.29, 0.717) is 12.8 Å². The van der Waals surface area contributed by atoms with Crippen LogP contribution in [0.3, 0.4) is 0 Å². The molecule has 0 aromatic rings. The minimum absolute atomic E-state index is 0.0836. The number of hydrogen-bond donors (Lipinski definition) is 0. The van der Waals surface area contributed by atoms with Crippen LogP contribution < -0.4 is 0 Å². The number of hydrogen-bond acceptors (Lipinski definition) is 6. The molecule has 0 aliphatic rings. The second-order valence-electron chi connectivity index (χ2n) is 11.1. The Morgan fingerprint density at radius 2 is 0.950 bits per heavy atom. The Labute approximate surface area is 246 Å². The third-order valence-corrected chi connectivity index (χ3v) is 7.22. The van der Waals surface area contributed by atoms with Gasteiger partial charge in [0, 0.05) is 19.3 Å². The van der Waals surface area contributed by atoms with Crippen molar-refractivity contribution in [2.24, 2.45) is 0 Å². The van der Waals surface area contributed by atoms with Gasteiger partial charge in [0.05, 0.1) is 0 Å². The van der Waals surface area contributed by atoms with Crippen LogP contribution in [0.1, 0.15) is 168 Å². The molecule has 40 heavy (non-hydrogen) atoms. The van der Waals surface area contributed by atoms with Gasteiger partial charge >= 0.3 is 17.9 Å². The number of ether oxygens (including phenoxy) is 3. The van der Waals surface area contributed by atoms with E-state index >= 15 is 0 Å². The number of unbranched alkanes of at least 4 members (excludes halogenated alkanes) is 19. The quantitative estimate of drug-likeness (QED) is 0.0373. The van der Waals surface area contributed by atoms with Crippen LogP contribution >= 0.6 is 0 Å². The van der Waals surface area contributed by atoms with Crippen molar-refractivity contribution in [3.8, 4) is 0 Å². The zero-order valence-electron chi connectivity index (χ0n) is 26.2. The molecule has 6 heteroatoms. The SMILES string of the molecule is C=CCCCCCCCC(=O)OCC(COC(=O)CC)OC(=O)CCCCCCCCCCCCCCCCC. The Morgan fingerprint density at radius 3 is 1.40 bits per heavy atom. The van der Waals surface area contributed by atoms with Crippen molar-refractivity contribution in [3.05, 3.63) is 12.7 Å². The molecule has 0 aliphatic heterocycles. The lowest BCUT2D eigenvalue weighted by Crippen LogP contribution is -2.30. The number of carbonyl (C=O) groups excluding carboxylic acids is 3. The topological polar surface area (TPSA) is 78.9 Å². The van der Waals surface area contributed by atoms with Crippen molar-refractivity contribution >= 4 is 17.9 Å². The summed E-state index contributed by atoms with van der Waals surface area (Å²) in [6, 6.07) is 0. The Bertz CT molecular complexity index is 618. The van der Waals surface area contributed by atoms with Gasteiger partial charge in [0.1, 0.15) is 13.2 Å². The molecular formula is C34H62O6. The summed E-state index contributed by atoms with van der Waals surface area (Å²) < 4.78 is 16.0. The molecule has 0 spiro atoms. The van der Waals surface area contributed by atoms with Crippen LogP contribution in [0.5, 0.6) is 0 Å². The molecule has 0 aliphatic carbocycles. The summed E-state index contributed by atoms with van der Waals surface area (Å²) in [7, 11) is 0. The van der Waals surface area contributed by atoms with Crippen LogP contribution in [-0.4, -0.2) is 37.2 Å². The van der Waals surface area contributed by atoms with Crippen LogP contribution in [0, 0.1) is 0 Å². The highest BCUT2D eigenvalue weighted by atomic mass is 16.6.